The zero-order chi connectivity index (χ0) is 20.5. The van der Waals surface area contributed by atoms with Crippen molar-refractivity contribution in [2.45, 2.75) is 32.9 Å². The van der Waals surface area contributed by atoms with Crippen molar-refractivity contribution < 1.29 is 18.0 Å². The topological polar surface area (TPSA) is 66.6 Å². The molecular formula is C18H23F3N6O. The number of carbonyl (C=O) groups is 1. The van der Waals surface area contributed by atoms with Crippen LogP contribution in [0.15, 0.2) is 24.3 Å². The van der Waals surface area contributed by atoms with Crippen LogP contribution in [0.2, 0.25) is 0 Å². The van der Waals surface area contributed by atoms with Gasteiger partial charge in [0.2, 0.25) is 5.91 Å². The summed E-state index contributed by atoms with van der Waals surface area (Å²) < 4.78 is 39.8. The number of hydrogen-bond donors (Lipinski definition) is 0. The van der Waals surface area contributed by atoms with E-state index in [0.717, 1.165) is 10.1 Å². The number of piperidine rings is 1. The third-order valence-electron chi connectivity index (χ3n) is 4.82. The Morgan fingerprint density at radius 3 is 2.54 bits per heavy atom. The van der Waals surface area contributed by atoms with Crippen molar-refractivity contribution in [2.24, 2.45) is 5.92 Å². The predicted octanol–water partition coefficient (Wildman–Crippen LogP) is 2.78. The van der Waals surface area contributed by atoms with Crippen molar-refractivity contribution in [3.05, 3.63) is 30.1 Å². The second-order valence-electron chi connectivity index (χ2n) is 7.05. The standard InChI is InChI=1S/C18H23F3N6O/c1-4-25(11-12(2)3)16(28)13-7-9-26(10-8-13)15-6-5-14-22-23-17(18(19,20)21)27(14)24-15/h5-6,13H,2,4,7-11H2,1,3H3. The molecule has 0 N–H and O–H groups in total. The van der Waals surface area contributed by atoms with Crippen molar-refractivity contribution in [3.63, 3.8) is 0 Å². The Bertz CT molecular complexity index is 870. The fourth-order valence-corrected chi connectivity index (χ4v) is 3.41. The van der Waals surface area contributed by atoms with Crippen LogP contribution in [0, 0.1) is 5.92 Å². The number of fused-ring (bicyclic) bond motifs is 1. The van der Waals surface area contributed by atoms with Crippen LogP contribution in [0.1, 0.15) is 32.5 Å². The molecule has 2 aromatic heterocycles. The summed E-state index contributed by atoms with van der Waals surface area (Å²) in [5.41, 5.74) is 0.971. The highest BCUT2D eigenvalue weighted by Gasteiger charge is 2.38. The average molecular weight is 396 g/mol. The lowest BCUT2D eigenvalue weighted by molar-refractivity contribution is -0.146. The molecule has 1 fully saturated rings. The van der Waals surface area contributed by atoms with Crippen LogP contribution in [0.4, 0.5) is 19.0 Å². The summed E-state index contributed by atoms with van der Waals surface area (Å²) in [6, 6.07) is 3.10. The molecule has 0 radical (unpaired) electrons. The van der Waals surface area contributed by atoms with E-state index in [0.29, 0.717) is 44.8 Å². The smallest absolute Gasteiger partial charge is 0.355 e. The molecule has 0 saturated carbocycles. The third kappa shape index (κ3) is 4.10. The number of halogens is 3. The second kappa shape index (κ2) is 7.76. The third-order valence-corrected chi connectivity index (χ3v) is 4.82. The molecule has 1 amide bonds. The molecule has 0 unspecified atom stereocenters. The lowest BCUT2D eigenvalue weighted by atomic mass is 9.95. The van der Waals surface area contributed by atoms with Crippen molar-refractivity contribution in [2.75, 3.05) is 31.1 Å². The number of anilines is 1. The first kappa shape index (κ1) is 20.1. The molecule has 1 aliphatic rings. The monoisotopic (exact) mass is 396 g/mol. The lowest BCUT2D eigenvalue weighted by Gasteiger charge is -2.34. The van der Waals surface area contributed by atoms with Gasteiger partial charge in [0.05, 0.1) is 0 Å². The lowest BCUT2D eigenvalue weighted by Crippen LogP contribution is -2.43. The molecule has 2 aromatic rings. The van der Waals surface area contributed by atoms with Gasteiger partial charge in [0, 0.05) is 32.1 Å². The van der Waals surface area contributed by atoms with Gasteiger partial charge in [0.1, 0.15) is 5.82 Å². The van der Waals surface area contributed by atoms with Gasteiger partial charge in [-0.05, 0) is 38.8 Å². The van der Waals surface area contributed by atoms with Crippen LogP contribution in [-0.2, 0) is 11.0 Å². The number of amides is 1. The molecular weight excluding hydrogens is 373 g/mol. The van der Waals surface area contributed by atoms with Gasteiger partial charge in [-0.3, -0.25) is 4.79 Å². The number of carbonyl (C=O) groups excluding carboxylic acids is 1. The summed E-state index contributed by atoms with van der Waals surface area (Å²) in [4.78, 5) is 16.4. The first-order valence-corrected chi connectivity index (χ1v) is 9.18. The Labute approximate surface area is 160 Å². The summed E-state index contributed by atoms with van der Waals surface area (Å²) >= 11 is 0. The van der Waals surface area contributed by atoms with Crippen molar-refractivity contribution in [1.29, 1.82) is 0 Å². The van der Waals surface area contributed by atoms with Gasteiger partial charge in [-0.1, -0.05) is 12.2 Å². The Morgan fingerprint density at radius 1 is 1.29 bits per heavy atom. The molecule has 1 saturated heterocycles. The highest BCUT2D eigenvalue weighted by atomic mass is 19.4. The molecule has 1 aliphatic heterocycles. The van der Waals surface area contributed by atoms with Gasteiger partial charge in [-0.2, -0.15) is 17.7 Å². The Balaban J connectivity index is 1.71. The SMILES string of the molecule is C=C(C)CN(CC)C(=O)C1CCN(c2ccc3nnc(C(F)(F)F)n3n2)CC1. The van der Waals surface area contributed by atoms with E-state index in [1.807, 2.05) is 18.7 Å². The van der Waals surface area contributed by atoms with Crippen molar-refractivity contribution >= 4 is 17.4 Å². The average Bonchev–Trinajstić information content (AvgIpc) is 3.09. The highest BCUT2D eigenvalue weighted by Crippen LogP contribution is 2.29. The zero-order valence-corrected chi connectivity index (χ0v) is 15.9. The van der Waals surface area contributed by atoms with E-state index in [-0.39, 0.29) is 17.5 Å². The highest BCUT2D eigenvalue weighted by molar-refractivity contribution is 5.79. The zero-order valence-electron chi connectivity index (χ0n) is 15.9. The first-order chi connectivity index (χ1) is 13.2. The van der Waals surface area contributed by atoms with Crippen LogP contribution in [-0.4, -0.2) is 56.8 Å². The molecule has 10 heteroatoms. The van der Waals surface area contributed by atoms with E-state index in [1.165, 1.54) is 6.07 Å². The number of rotatable bonds is 5. The fraction of sp³-hybridized carbons (Fsp3) is 0.556. The minimum absolute atomic E-state index is 0.0412. The predicted molar refractivity (Wildman–Crippen MR) is 97.8 cm³/mol. The summed E-state index contributed by atoms with van der Waals surface area (Å²) in [6.07, 6.45) is -3.38. The second-order valence-corrected chi connectivity index (χ2v) is 7.05. The van der Waals surface area contributed by atoms with E-state index in [2.05, 4.69) is 21.9 Å². The molecule has 0 aliphatic carbocycles. The van der Waals surface area contributed by atoms with E-state index >= 15 is 0 Å². The fourth-order valence-electron chi connectivity index (χ4n) is 3.41. The van der Waals surface area contributed by atoms with Crippen LogP contribution in [0.25, 0.3) is 5.65 Å². The minimum Gasteiger partial charge on any atom is -0.355 e. The molecule has 0 aromatic carbocycles. The molecule has 0 bridgehead atoms. The molecule has 3 heterocycles. The first-order valence-electron chi connectivity index (χ1n) is 9.18. The van der Waals surface area contributed by atoms with E-state index in [9.17, 15) is 18.0 Å². The number of alkyl halides is 3. The number of hydrogen-bond acceptors (Lipinski definition) is 5. The number of likely N-dealkylation sites (N-methyl/N-ethyl adjacent to an activating group) is 1. The molecule has 0 spiro atoms. The van der Waals surface area contributed by atoms with Crippen LogP contribution in [0.5, 0.6) is 0 Å². The maximum absolute atomic E-state index is 13.0. The Kier molecular flexibility index (Phi) is 5.57. The summed E-state index contributed by atoms with van der Waals surface area (Å²) in [7, 11) is 0. The van der Waals surface area contributed by atoms with Gasteiger partial charge in [-0.25, -0.2) is 0 Å². The van der Waals surface area contributed by atoms with Gasteiger partial charge < -0.3 is 9.80 Å². The van der Waals surface area contributed by atoms with Gasteiger partial charge >= 0.3 is 6.18 Å². The summed E-state index contributed by atoms with van der Waals surface area (Å²) in [5, 5.41) is 10.8. The van der Waals surface area contributed by atoms with Crippen molar-refractivity contribution in [1.82, 2.24) is 24.7 Å². The Hall–Kier alpha value is -2.65. The number of nitrogens with zero attached hydrogens (tertiary/aromatic N) is 6. The van der Waals surface area contributed by atoms with Gasteiger partial charge in [0.15, 0.2) is 5.65 Å². The van der Waals surface area contributed by atoms with E-state index < -0.39 is 12.0 Å². The summed E-state index contributed by atoms with van der Waals surface area (Å²) in [6.45, 7) is 9.95. The van der Waals surface area contributed by atoms with Gasteiger partial charge in [0.25, 0.3) is 5.82 Å². The van der Waals surface area contributed by atoms with E-state index in [1.54, 1.807) is 11.0 Å². The number of aromatic nitrogens is 4. The largest absolute Gasteiger partial charge is 0.453 e. The molecule has 0 atom stereocenters. The maximum Gasteiger partial charge on any atom is 0.453 e. The molecule has 3 rings (SSSR count). The van der Waals surface area contributed by atoms with Crippen molar-refractivity contribution in [3.8, 4) is 0 Å². The van der Waals surface area contributed by atoms with E-state index in [4.69, 9.17) is 0 Å². The van der Waals surface area contributed by atoms with Crippen LogP contribution < -0.4 is 4.90 Å². The normalized spacial score (nSPS) is 15.8. The Morgan fingerprint density at radius 2 is 1.96 bits per heavy atom. The van der Waals surface area contributed by atoms with Crippen LogP contribution in [0.3, 0.4) is 0 Å². The quantitative estimate of drug-likeness (QED) is 0.727. The molecule has 28 heavy (non-hydrogen) atoms. The molecule has 152 valence electrons. The minimum atomic E-state index is -4.63. The maximum atomic E-state index is 13.0. The summed E-state index contributed by atoms with van der Waals surface area (Å²) in [5.74, 6) is -0.725. The van der Waals surface area contributed by atoms with Crippen LogP contribution >= 0.6 is 0 Å². The van der Waals surface area contributed by atoms with Gasteiger partial charge in [-0.15, -0.1) is 15.3 Å². The molecule has 7 nitrogen and oxygen atoms in total.